The topological polar surface area (TPSA) is 143 Å². The van der Waals surface area contributed by atoms with Gasteiger partial charge in [0.15, 0.2) is 0 Å². The normalized spacial score (nSPS) is 15.7. The summed E-state index contributed by atoms with van der Waals surface area (Å²) in [6, 6.07) is 12.9. The zero-order chi connectivity index (χ0) is 24.3. The predicted octanol–water partition coefficient (Wildman–Crippen LogP) is 2.42. The van der Waals surface area contributed by atoms with Crippen LogP contribution in [0.3, 0.4) is 0 Å². The number of carboxylic acids is 1. The zero-order valence-corrected chi connectivity index (χ0v) is 17.5. The predicted molar refractivity (Wildman–Crippen MR) is 113 cm³/mol. The molecule has 1 aliphatic heterocycles. The van der Waals surface area contributed by atoms with Crippen molar-refractivity contribution < 1.29 is 33.4 Å². The third-order valence-electron chi connectivity index (χ3n) is 5.04. The molecule has 0 saturated heterocycles. The Kier molecular flexibility index (Phi) is 6.44. The van der Waals surface area contributed by atoms with Gasteiger partial charge in [-0.15, -0.1) is 0 Å². The highest BCUT2D eigenvalue weighted by atomic mass is 19.1. The Morgan fingerprint density at radius 3 is 2.27 bits per heavy atom. The number of carbonyl (C=O) groups is 3. The van der Waals surface area contributed by atoms with Crippen LogP contribution < -0.4 is 10.6 Å². The number of carboxylic acid groups (broad SMARTS) is 1. The minimum Gasteiger partial charge on any atom is -0.478 e. The number of allylic oxidation sites excluding steroid dienone is 1. The summed E-state index contributed by atoms with van der Waals surface area (Å²) >= 11 is 0. The SMILES string of the molecule is COC(=O)C1=C(C(=O)OC)N(c2cc(F)ccc2C(=O)O)C(N)=C(C#N)C1c1ccccc1. The van der Waals surface area contributed by atoms with Gasteiger partial charge in [0.05, 0.1) is 48.6 Å². The Morgan fingerprint density at radius 1 is 1.09 bits per heavy atom. The molecule has 0 radical (unpaired) electrons. The van der Waals surface area contributed by atoms with Gasteiger partial charge in [0.25, 0.3) is 0 Å². The standard InChI is InChI=1S/C23H18FN3O6/c1-32-22(30)18-17(12-6-4-3-5-7-12)15(11-25)20(26)27(19(18)23(31)33-2)16-10-13(24)8-9-14(16)21(28)29/h3-10,17H,26H2,1-2H3,(H,28,29). The molecule has 2 aromatic rings. The van der Waals surface area contributed by atoms with E-state index in [0.29, 0.717) is 5.56 Å². The summed E-state index contributed by atoms with van der Waals surface area (Å²) in [4.78, 5) is 38.5. The van der Waals surface area contributed by atoms with E-state index in [-0.39, 0.29) is 22.7 Å². The molecule has 0 spiro atoms. The minimum atomic E-state index is -1.45. The molecule has 1 aliphatic rings. The second-order valence-corrected chi connectivity index (χ2v) is 6.80. The van der Waals surface area contributed by atoms with Crippen LogP contribution in [-0.4, -0.2) is 37.2 Å². The molecular weight excluding hydrogens is 433 g/mol. The molecule has 0 aromatic heterocycles. The number of halogens is 1. The first-order valence-corrected chi connectivity index (χ1v) is 9.45. The number of carbonyl (C=O) groups excluding carboxylic acids is 2. The van der Waals surface area contributed by atoms with Gasteiger partial charge in [0.2, 0.25) is 0 Å². The Morgan fingerprint density at radius 2 is 1.73 bits per heavy atom. The summed E-state index contributed by atoms with van der Waals surface area (Å²) in [5.41, 5.74) is 4.92. The lowest BCUT2D eigenvalue weighted by Gasteiger charge is -2.36. The second kappa shape index (κ2) is 9.23. The Hall–Kier alpha value is -4.65. The molecule has 0 bridgehead atoms. The maximum atomic E-state index is 14.2. The van der Waals surface area contributed by atoms with Crippen LogP contribution in [0, 0.1) is 17.1 Å². The number of esters is 2. The molecule has 3 N–H and O–H groups in total. The van der Waals surface area contributed by atoms with Crippen LogP contribution in [0.2, 0.25) is 0 Å². The van der Waals surface area contributed by atoms with E-state index in [1.807, 2.05) is 6.07 Å². The fourth-order valence-corrected chi connectivity index (χ4v) is 3.63. The first kappa shape index (κ1) is 23.0. The number of nitriles is 1. The van der Waals surface area contributed by atoms with Gasteiger partial charge < -0.3 is 20.3 Å². The summed E-state index contributed by atoms with van der Waals surface area (Å²) in [5, 5.41) is 19.6. The van der Waals surface area contributed by atoms with Crippen LogP contribution in [0.25, 0.3) is 0 Å². The molecule has 0 amide bonds. The number of rotatable bonds is 5. The lowest BCUT2D eigenvalue weighted by Crippen LogP contribution is -2.41. The largest absolute Gasteiger partial charge is 0.478 e. The van der Waals surface area contributed by atoms with E-state index in [1.54, 1.807) is 30.3 Å². The summed E-state index contributed by atoms with van der Waals surface area (Å²) in [6.07, 6.45) is 0. The van der Waals surface area contributed by atoms with Crippen LogP contribution in [0.15, 0.2) is 71.2 Å². The van der Waals surface area contributed by atoms with Crippen LogP contribution in [-0.2, 0) is 19.1 Å². The quantitative estimate of drug-likeness (QED) is 0.655. The van der Waals surface area contributed by atoms with Gasteiger partial charge in [-0.3, -0.25) is 4.90 Å². The number of hydrogen-bond donors (Lipinski definition) is 2. The molecule has 2 aromatic carbocycles. The van der Waals surface area contributed by atoms with Crippen molar-refractivity contribution in [1.82, 2.24) is 0 Å². The Bertz CT molecular complexity index is 1250. The van der Waals surface area contributed by atoms with E-state index < -0.39 is 40.9 Å². The average Bonchev–Trinajstić information content (AvgIpc) is 2.82. The van der Waals surface area contributed by atoms with E-state index in [4.69, 9.17) is 15.2 Å². The number of hydrogen-bond acceptors (Lipinski definition) is 8. The Balaban J connectivity index is 2.49. The second-order valence-electron chi connectivity index (χ2n) is 6.80. The lowest BCUT2D eigenvalue weighted by molar-refractivity contribution is -0.139. The van der Waals surface area contributed by atoms with Gasteiger partial charge in [0, 0.05) is 0 Å². The van der Waals surface area contributed by atoms with E-state index in [0.717, 1.165) is 37.3 Å². The molecule has 0 aliphatic carbocycles. The number of methoxy groups -OCH3 is 2. The van der Waals surface area contributed by atoms with Crippen molar-refractivity contribution in [1.29, 1.82) is 5.26 Å². The van der Waals surface area contributed by atoms with Gasteiger partial charge in [0.1, 0.15) is 17.3 Å². The summed E-state index contributed by atoms with van der Waals surface area (Å²) in [5.74, 6) is -5.84. The highest BCUT2D eigenvalue weighted by molar-refractivity contribution is 6.08. The molecule has 1 heterocycles. The third-order valence-corrected chi connectivity index (χ3v) is 5.04. The summed E-state index contributed by atoms with van der Waals surface area (Å²) in [6.45, 7) is 0. The maximum absolute atomic E-state index is 14.2. The fraction of sp³-hybridized carbons (Fsp3) is 0.130. The van der Waals surface area contributed by atoms with Crippen molar-refractivity contribution in [2.45, 2.75) is 5.92 Å². The number of aromatic carboxylic acids is 1. The zero-order valence-electron chi connectivity index (χ0n) is 17.5. The van der Waals surface area contributed by atoms with E-state index in [2.05, 4.69) is 0 Å². The smallest absolute Gasteiger partial charge is 0.355 e. The van der Waals surface area contributed by atoms with Gasteiger partial charge in [-0.25, -0.2) is 18.8 Å². The first-order chi connectivity index (χ1) is 15.8. The molecule has 168 valence electrons. The van der Waals surface area contributed by atoms with E-state index in [9.17, 15) is 29.1 Å². The molecule has 0 saturated carbocycles. The van der Waals surface area contributed by atoms with Crippen molar-refractivity contribution >= 4 is 23.6 Å². The van der Waals surface area contributed by atoms with Crippen molar-refractivity contribution in [2.24, 2.45) is 5.73 Å². The fourth-order valence-electron chi connectivity index (χ4n) is 3.63. The van der Waals surface area contributed by atoms with Crippen LogP contribution in [0.1, 0.15) is 21.8 Å². The molecule has 1 unspecified atom stereocenters. The molecule has 0 fully saturated rings. The molecule has 9 nitrogen and oxygen atoms in total. The van der Waals surface area contributed by atoms with Gasteiger partial charge in [-0.05, 0) is 23.8 Å². The van der Waals surface area contributed by atoms with Crippen molar-refractivity contribution in [3.05, 3.63) is 88.1 Å². The molecular formula is C23H18FN3O6. The van der Waals surface area contributed by atoms with Crippen LogP contribution in [0.4, 0.5) is 10.1 Å². The highest BCUT2D eigenvalue weighted by Crippen LogP contribution is 2.44. The lowest BCUT2D eigenvalue weighted by atomic mass is 9.80. The van der Waals surface area contributed by atoms with Crippen molar-refractivity contribution in [2.75, 3.05) is 19.1 Å². The van der Waals surface area contributed by atoms with E-state index >= 15 is 0 Å². The van der Waals surface area contributed by atoms with Gasteiger partial charge >= 0.3 is 17.9 Å². The molecule has 1 atom stereocenters. The number of benzene rings is 2. The number of nitrogens with zero attached hydrogens (tertiary/aromatic N) is 2. The van der Waals surface area contributed by atoms with Crippen LogP contribution in [0.5, 0.6) is 0 Å². The monoisotopic (exact) mass is 451 g/mol. The third kappa shape index (κ3) is 3.99. The maximum Gasteiger partial charge on any atom is 0.355 e. The minimum absolute atomic E-state index is 0.171. The average molecular weight is 451 g/mol. The first-order valence-electron chi connectivity index (χ1n) is 9.45. The van der Waals surface area contributed by atoms with Gasteiger partial charge in [-0.1, -0.05) is 30.3 Å². The summed E-state index contributed by atoms with van der Waals surface area (Å²) in [7, 11) is 2.12. The van der Waals surface area contributed by atoms with Crippen molar-refractivity contribution in [3.8, 4) is 6.07 Å². The molecule has 3 rings (SSSR count). The highest BCUT2D eigenvalue weighted by Gasteiger charge is 2.43. The van der Waals surface area contributed by atoms with Gasteiger partial charge in [-0.2, -0.15) is 5.26 Å². The summed E-state index contributed by atoms with van der Waals surface area (Å²) < 4.78 is 23.9. The Labute approximate surface area is 187 Å². The number of nitrogens with two attached hydrogens (primary N) is 1. The number of anilines is 1. The van der Waals surface area contributed by atoms with E-state index in [1.165, 1.54) is 0 Å². The van der Waals surface area contributed by atoms with Crippen LogP contribution >= 0.6 is 0 Å². The molecule has 10 heteroatoms. The van der Waals surface area contributed by atoms with Crippen molar-refractivity contribution in [3.63, 3.8) is 0 Å². The number of ether oxygens (including phenoxy) is 2. The molecule has 33 heavy (non-hydrogen) atoms.